The average Bonchev–Trinajstić information content (AvgIpc) is 2.85. The Morgan fingerprint density at radius 2 is 1.85 bits per heavy atom. The number of fused-ring (bicyclic) bond motifs is 1. The van der Waals surface area contributed by atoms with Crippen LogP contribution in [0, 0.1) is 11.2 Å². The van der Waals surface area contributed by atoms with Crippen molar-refractivity contribution >= 4 is 22.7 Å². The number of halogens is 4. The van der Waals surface area contributed by atoms with Crippen LogP contribution < -0.4 is 5.32 Å². The molecule has 2 aliphatic heterocycles. The van der Waals surface area contributed by atoms with E-state index < -0.39 is 40.4 Å². The quantitative estimate of drug-likeness (QED) is 0.356. The molecule has 3 heterocycles. The number of imide groups is 1. The number of hydrogen-bond acceptors (Lipinski definition) is 5. The molecule has 2 N–H and O–H groups in total. The van der Waals surface area contributed by atoms with E-state index in [0.29, 0.717) is 42.6 Å². The van der Waals surface area contributed by atoms with E-state index in [1.807, 2.05) is 13.8 Å². The highest BCUT2D eigenvalue weighted by atomic mass is 19.4. The van der Waals surface area contributed by atoms with Gasteiger partial charge < -0.3 is 5.11 Å². The number of aromatic nitrogens is 1. The van der Waals surface area contributed by atoms with Crippen LogP contribution in [0.2, 0.25) is 0 Å². The van der Waals surface area contributed by atoms with Gasteiger partial charge in [0, 0.05) is 43.1 Å². The number of carbonyl (C=O) groups is 2. The fourth-order valence-corrected chi connectivity index (χ4v) is 5.82. The van der Waals surface area contributed by atoms with Crippen molar-refractivity contribution in [2.75, 3.05) is 13.1 Å². The van der Waals surface area contributed by atoms with Gasteiger partial charge in [0.15, 0.2) is 0 Å². The number of rotatable bonds is 4. The maximum absolute atomic E-state index is 15.2. The highest BCUT2D eigenvalue weighted by Gasteiger charge is 2.49. The molecule has 0 bridgehead atoms. The molecule has 0 saturated carbocycles. The first kappa shape index (κ1) is 27.2. The summed E-state index contributed by atoms with van der Waals surface area (Å²) in [7, 11) is 0. The zero-order valence-corrected chi connectivity index (χ0v) is 21.6. The summed E-state index contributed by atoms with van der Waals surface area (Å²) >= 11 is 0. The highest BCUT2D eigenvalue weighted by molar-refractivity contribution is 6.01. The first-order chi connectivity index (χ1) is 18.3. The number of amides is 2. The SMILES string of the molecule is CC1(C)CN(Cc2ccc(C(F)(F)F)cc2)CCC1(O)c1cc(F)c2ncc(C3CCC(=O)NC3=O)cc2c1. The molecule has 3 aromatic rings. The molecule has 0 aliphatic carbocycles. The Hall–Kier alpha value is -3.37. The lowest BCUT2D eigenvalue weighted by molar-refractivity contribution is -0.138. The third-order valence-electron chi connectivity index (χ3n) is 8.09. The standard InChI is InChI=1S/C29H29F4N3O3/c1-27(2)16-36(15-17-3-5-20(6-4-17)29(31,32)33)10-9-28(27,39)21-12-18-11-19(14-34-25(18)23(30)13-21)22-7-8-24(37)35-26(22)38/h3-6,11-14,22,39H,7-10,15-16H2,1-2H3,(H,35,37,38). The second-order valence-electron chi connectivity index (χ2n) is 11.2. The fourth-order valence-electron chi connectivity index (χ4n) is 5.82. The van der Waals surface area contributed by atoms with Gasteiger partial charge in [0.25, 0.3) is 0 Å². The van der Waals surface area contributed by atoms with Crippen molar-refractivity contribution in [2.45, 2.75) is 57.3 Å². The van der Waals surface area contributed by atoms with Crippen LogP contribution >= 0.6 is 0 Å². The average molecular weight is 544 g/mol. The Balaban J connectivity index is 1.39. The molecule has 2 aliphatic rings. The number of alkyl halides is 3. The molecular formula is C29H29F4N3O3. The number of piperidine rings is 2. The van der Waals surface area contributed by atoms with Crippen LogP contribution in [0.15, 0.2) is 48.7 Å². The third kappa shape index (κ3) is 5.15. The lowest BCUT2D eigenvalue weighted by atomic mass is 9.66. The number of nitrogens with one attached hydrogen (secondary N) is 1. The number of benzene rings is 2. The zero-order valence-electron chi connectivity index (χ0n) is 21.6. The molecule has 0 radical (unpaired) electrons. The molecule has 1 aromatic heterocycles. The van der Waals surface area contributed by atoms with Gasteiger partial charge >= 0.3 is 6.18 Å². The monoisotopic (exact) mass is 543 g/mol. The molecule has 2 aromatic carbocycles. The molecule has 206 valence electrons. The zero-order chi connectivity index (χ0) is 28.2. The predicted octanol–water partition coefficient (Wildman–Crippen LogP) is 5.03. The van der Waals surface area contributed by atoms with Crippen LogP contribution in [0.4, 0.5) is 17.6 Å². The van der Waals surface area contributed by atoms with Gasteiger partial charge in [-0.3, -0.25) is 24.8 Å². The van der Waals surface area contributed by atoms with Gasteiger partial charge in [-0.25, -0.2) is 4.39 Å². The smallest absolute Gasteiger partial charge is 0.385 e. The second kappa shape index (κ2) is 9.67. The lowest BCUT2D eigenvalue weighted by Crippen LogP contribution is -2.55. The molecule has 2 saturated heterocycles. The van der Waals surface area contributed by atoms with E-state index in [1.54, 1.807) is 12.1 Å². The summed E-state index contributed by atoms with van der Waals surface area (Å²) in [6.07, 6.45) is -2.11. The lowest BCUT2D eigenvalue weighted by Gasteiger charge is -2.50. The van der Waals surface area contributed by atoms with E-state index in [0.717, 1.165) is 17.7 Å². The van der Waals surface area contributed by atoms with Gasteiger partial charge in [-0.15, -0.1) is 0 Å². The van der Waals surface area contributed by atoms with E-state index in [-0.39, 0.29) is 24.3 Å². The Morgan fingerprint density at radius 3 is 2.49 bits per heavy atom. The molecule has 39 heavy (non-hydrogen) atoms. The Labute approximate surface area is 223 Å². The maximum Gasteiger partial charge on any atom is 0.416 e. The minimum Gasteiger partial charge on any atom is -0.385 e. The third-order valence-corrected chi connectivity index (χ3v) is 8.09. The van der Waals surface area contributed by atoms with Gasteiger partial charge in [0.05, 0.1) is 17.1 Å². The highest BCUT2D eigenvalue weighted by Crippen LogP contribution is 2.47. The number of aliphatic hydroxyl groups is 1. The fraction of sp³-hybridized carbons (Fsp3) is 0.414. The van der Waals surface area contributed by atoms with Crippen LogP contribution in [0.3, 0.4) is 0 Å². The molecule has 5 rings (SSSR count). The van der Waals surface area contributed by atoms with Gasteiger partial charge in [0.2, 0.25) is 11.8 Å². The number of nitrogens with zero attached hydrogens (tertiary/aromatic N) is 2. The van der Waals surface area contributed by atoms with Crippen LogP contribution in [0.1, 0.15) is 61.3 Å². The van der Waals surface area contributed by atoms with Crippen molar-refractivity contribution in [2.24, 2.45) is 5.41 Å². The van der Waals surface area contributed by atoms with E-state index in [9.17, 15) is 27.9 Å². The first-order valence-electron chi connectivity index (χ1n) is 12.8. The first-order valence-corrected chi connectivity index (χ1v) is 12.8. The summed E-state index contributed by atoms with van der Waals surface area (Å²) in [5, 5.41) is 14.7. The topological polar surface area (TPSA) is 82.5 Å². The molecule has 10 heteroatoms. The maximum atomic E-state index is 15.2. The van der Waals surface area contributed by atoms with Crippen molar-refractivity contribution in [1.82, 2.24) is 15.2 Å². The van der Waals surface area contributed by atoms with Gasteiger partial charge in [-0.2, -0.15) is 13.2 Å². The summed E-state index contributed by atoms with van der Waals surface area (Å²) in [6, 6.07) is 9.74. The summed E-state index contributed by atoms with van der Waals surface area (Å²) in [6.45, 7) is 5.06. The molecule has 2 unspecified atom stereocenters. The van der Waals surface area contributed by atoms with Crippen molar-refractivity contribution in [1.29, 1.82) is 0 Å². The Bertz CT molecular complexity index is 1440. The number of likely N-dealkylation sites (tertiary alicyclic amines) is 1. The Kier molecular flexibility index (Phi) is 6.75. The molecule has 0 spiro atoms. The molecular weight excluding hydrogens is 514 g/mol. The molecule has 6 nitrogen and oxygen atoms in total. The second-order valence-corrected chi connectivity index (χ2v) is 11.2. The summed E-state index contributed by atoms with van der Waals surface area (Å²) in [5.41, 5.74) is -0.998. The molecule has 2 fully saturated rings. The Morgan fingerprint density at radius 1 is 1.13 bits per heavy atom. The number of carbonyl (C=O) groups excluding carboxylic acids is 2. The van der Waals surface area contributed by atoms with E-state index in [2.05, 4.69) is 15.2 Å². The van der Waals surface area contributed by atoms with Crippen molar-refractivity contribution in [3.8, 4) is 0 Å². The predicted molar refractivity (Wildman–Crippen MR) is 136 cm³/mol. The van der Waals surface area contributed by atoms with Crippen LogP contribution in [0.25, 0.3) is 10.9 Å². The van der Waals surface area contributed by atoms with Gasteiger partial charge in [-0.05, 0) is 59.9 Å². The normalized spacial score (nSPS) is 24.1. The van der Waals surface area contributed by atoms with Gasteiger partial charge in [-0.1, -0.05) is 26.0 Å². The molecule has 2 amide bonds. The van der Waals surface area contributed by atoms with Crippen LogP contribution in [-0.4, -0.2) is 39.9 Å². The van der Waals surface area contributed by atoms with E-state index in [4.69, 9.17) is 0 Å². The number of hydrogen-bond donors (Lipinski definition) is 2. The van der Waals surface area contributed by atoms with Gasteiger partial charge in [0.1, 0.15) is 11.3 Å². The number of pyridine rings is 1. The molecule has 2 atom stereocenters. The van der Waals surface area contributed by atoms with E-state index >= 15 is 4.39 Å². The van der Waals surface area contributed by atoms with Crippen LogP contribution in [-0.2, 0) is 27.9 Å². The van der Waals surface area contributed by atoms with Crippen molar-refractivity contribution < 1.29 is 32.3 Å². The summed E-state index contributed by atoms with van der Waals surface area (Å²) in [4.78, 5) is 30.2. The minimum absolute atomic E-state index is 0.121. The minimum atomic E-state index is -4.39. The van der Waals surface area contributed by atoms with Crippen molar-refractivity contribution in [3.63, 3.8) is 0 Å². The van der Waals surface area contributed by atoms with E-state index in [1.165, 1.54) is 24.4 Å². The summed E-state index contributed by atoms with van der Waals surface area (Å²) in [5.74, 6) is -1.90. The largest absolute Gasteiger partial charge is 0.416 e. The summed E-state index contributed by atoms with van der Waals surface area (Å²) < 4.78 is 53.9. The van der Waals surface area contributed by atoms with Crippen molar-refractivity contribution in [3.05, 3.63) is 76.7 Å². The van der Waals surface area contributed by atoms with Crippen LogP contribution in [0.5, 0.6) is 0 Å².